The van der Waals surface area contributed by atoms with Crippen LogP contribution in [0.15, 0.2) is 33.4 Å². The van der Waals surface area contributed by atoms with Gasteiger partial charge in [0.2, 0.25) is 0 Å². The van der Waals surface area contributed by atoms with E-state index in [1.807, 2.05) is 0 Å². The summed E-state index contributed by atoms with van der Waals surface area (Å²) in [6.07, 6.45) is 6.69. The summed E-state index contributed by atoms with van der Waals surface area (Å²) >= 11 is 0. The number of rotatable bonds is 0. The van der Waals surface area contributed by atoms with Crippen LogP contribution in [-0.4, -0.2) is 13.9 Å². The topological polar surface area (TPSA) is 48.9 Å². The van der Waals surface area contributed by atoms with Crippen molar-refractivity contribution in [3.05, 3.63) is 44.8 Å². The van der Waals surface area contributed by atoms with E-state index in [2.05, 4.69) is 59.8 Å². The van der Waals surface area contributed by atoms with Crippen LogP contribution in [0, 0.1) is 22.2 Å². The summed E-state index contributed by atoms with van der Waals surface area (Å²) in [4.78, 5) is 25.4. The molecule has 1 aromatic rings. The Balaban J connectivity index is 2.06. The van der Waals surface area contributed by atoms with Gasteiger partial charge in [0.15, 0.2) is 0 Å². The molecule has 0 radical (unpaired) electrons. The predicted molar refractivity (Wildman–Crippen MR) is 94.1 cm³/mol. The molecule has 4 aliphatic rings. The fraction of sp³-hybridized carbons (Fsp3) is 0.684. The highest BCUT2D eigenvalue weighted by Crippen LogP contribution is 2.71. The standard InChI is InChI=1S/C19H27N3O2/c1-17(2,3)11-10-19(18(4,5)6)13-9-8-12(14(11)19)21-15(23)20(7)16(24)22(13)21/h8-10,12-14H,1-7H3. The summed E-state index contributed by atoms with van der Waals surface area (Å²) in [5.41, 5.74) is 0.935. The van der Waals surface area contributed by atoms with E-state index in [9.17, 15) is 9.59 Å². The van der Waals surface area contributed by atoms with Crippen LogP contribution in [0.25, 0.3) is 0 Å². The Hall–Kier alpha value is -1.78. The van der Waals surface area contributed by atoms with Crippen LogP contribution in [0.2, 0.25) is 0 Å². The lowest BCUT2D eigenvalue weighted by Gasteiger charge is -2.66. The van der Waals surface area contributed by atoms with Crippen LogP contribution >= 0.6 is 0 Å². The number of nitrogens with zero attached hydrogens (tertiary/aromatic N) is 3. The lowest BCUT2D eigenvalue weighted by atomic mass is 9.41. The fourth-order valence-corrected chi connectivity index (χ4v) is 5.24. The average molecular weight is 329 g/mol. The monoisotopic (exact) mass is 329 g/mol. The van der Waals surface area contributed by atoms with Crippen molar-refractivity contribution >= 4 is 0 Å². The van der Waals surface area contributed by atoms with Gasteiger partial charge < -0.3 is 0 Å². The van der Waals surface area contributed by atoms with E-state index in [-0.39, 0.29) is 45.6 Å². The minimum Gasteiger partial charge on any atom is -0.246 e. The van der Waals surface area contributed by atoms with Gasteiger partial charge in [0.1, 0.15) is 0 Å². The molecular formula is C19H27N3O2. The van der Waals surface area contributed by atoms with Gasteiger partial charge >= 0.3 is 11.4 Å². The zero-order valence-corrected chi connectivity index (χ0v) is 15.6. The molecule has 0 N–H and O–H groups in total. The highest BCUT2D eigenvalue weighted by molar-refractivity contribution is 5.44. The van der Waals surface area contributed by atoms with Gasteiger partial charge in [-0.25, -0.2) is 23.5 Å². The maximum absolute atomic E-state index is 12.7. The van der Waals surface area contributed by atoms with Crippen LogP contribution in [0.3, 0.4) is 0 Å². The van der Waals surface area contributed by atoms with Gasteiger partial charge in [0, 0.05) is 18.4 Å². The summed E-state index contributed by atoms with van der Waals surface area (Å²) in [6.45, 7) is 13.5. The molecule has 0 fully saturated rings. The first kappa shape index (κ1) is 15.7. The second kappa shape index (κ2) is 4.06. The van der Waals surface area contributed by atoms with Crippen molar-refractivity contribution in [2.45, 2.75) is 53.6 Å². The molecule has 4 atom stereocenters. The molecule has 1 aromatic heterocycles. The molecule has 130 valence electrons. The van der Waals surface area contributed by atoms with E-state index in [4.69, 9.17) is 0 Å². The van der Waals surface area contributed by atoms with Crippen LogP contribution in [0.5, 0.6) is 0 Å². The maximum Gasteiger partial charge on any atom is 0.347 e. The first-order valence-electron chi connectivity index (χ1n) is 8.74. The molecule has 5 nitrogen and oxygen atoms in total. The smallest absolute Gasteiger partial charge is 0.246 e. The first-order chi connectivity index (χ1) is 10.9. The van der Waals surface area contributed by atoms with Gasteiger partial charge in [-0.1, -0.05) is 65.3 Å². The molecule has 0 amide bonds. The zero-order chi connectivity index (χ0) is 17.8. The van der Waals surface area contributed by atoms with Crippen molar-refractivity contribution in [1.29, 1.82) is 0 Å². The third-order valence-corrected chi connectivity index (χ3v) is 6.47. The number of aromatic nitrogens is 3. The number of hydrogen-bond acceptors (Lipinski definition) is 2. The lowest BCUT2D eigenvalue weighted by molar-refractivity contribution is -0.0653. The second-order valence-electron chi connectivity index (χ2n) is 9.64. The maximum atomic E-state index is 12.7. The van der Waals surface area contributed by atoms with Gasteiger partial charge in [-0.2, -0.15) is 0 Å². The van der Waals surface area contributed by atoms with Crippen molar-refractivity contribution in [1.82, 2.24) is 13.9 Å². The predicted octanol–water partition coefficient (Wildman–Crippen LogP) is 2.65. The van der Waals surface area contributed by atoms with Crippen molar-refractivity contribution in [3.8, 4) is 0 Å². The minimum absolute atomic E-state index is 0.00330. The quantitative estimate of drug-likeness (QED) is 0.687. The molecule has 5 rings (SSSR count). The van der Waals surface area contributed by atoms with E-state index < -0.39 is 0 Å². The van der Waals surface area contributed by atoms with Gasteiger partial charge in [-0.15, -0.1) is 0 Å². The second-order valence-corrected chi connectivity index (χ2v) is 9.64. The summed E-state index contributed by atoms with van der Waals surface area (Å²) in [5, 5.41) is 0. The molecule has 2 aliphatic heterocycles. The number of allylic oxidation sites excluding steroid dienone is 4. The van der Waals surface area contributed by atoms with E-state index in [1.165, 1.54) is 10.1 Å². The lowest BCUT2D eigenvalue weighted by Crippen LogP contribution is -2.64. The first-order valence-corrected chi connectivity index (χ1v) is 8.74. The Morgan fingerprint density at radius 3 is 2.08 bits per heavy atom. The molecular weight excluding hydrogens is 302 g/mol. The van der Waals surface area contributed by atoms with Gasteiger partial charge in [-0.05, 0) is 10.8 Å². The van der Waals surface area contributed by atoms with Gasteiger partial charge in [-0.3, -0.25) is 0 Å². The van der Waals surface area contributed by atoms with E-state index in [1.54, 1.807) is 16.4 Å². The molecule has 5 heteroatoms. The molecule has 0 aromatic carbocycles. The van der Waals surface area contributed by atoms with E-state index >= 15 is 0 Å². The molecule has 24 heavy (non-hydrogen) atoms. The average Bonchev–Trinajstić information content (AvgIpc) is 2.62. The van der Waals surface area contributed by atoms with Crippen molar-refractivity contribution in [2.75, 3.05) is 0 Å². The minimum atomic E-state index is -0.209. The van der Waals surface area contributed by atoms with Gasteiger partial charge in [0.25, 0.3) is 0 Å². The highest BCUT2D eigenvalue weighted by Gasteiger charge is 2.67. The zero-order valence-electron chi connectivity index (χ0n) is 15.6. The normalized spacial score (nSPS) is 33.8. The Morgan fingerprint density at radius 1 is 0.958 bits per heavy atom. The Labute approximate surface area is 142 Å². The van der Waals surface area contributed by atoms with Crippen molar-refractivity contribution in [2.24, 2.45) is 29.2 Å². The van der Waals surface area contributed by atoms with Crippen molar-refractivity contribution < 1.29 is 0 Å². The third kappa shape index (κ3) is 1.47. The van der Waals surface area contributed by atoms with Gasteiger partial charge in [0.05, 0.1) is 12.1 Å². The van der Waals surface area contributed by atoms with Crippen LogP contribution in [0.4, 0.5) is 0 Å². The summed E-state index contributed by atoms with van der Waals surface area (Å²) < 4.78 is 4.63. The highest BCUT2D eigenvalue weighted by atomic mass is 16.2. The number of hydrogen-bond donors (Lipinski definition) is 0. The molecule has 2 aliphatic carbocycles. The largest absolute Gasteiger partial charge is 0.347 e. The fourth-order valence-electron chi connectivity index (χ4n) is 5.24. The summed E-state index contributed by atoms with van der Waals surface area (Å²) in [7, 11) is 1.58. The van der Waals surface area contributed by atoms with Crippen LogP contribution in [0.1, 0.15) is 53.6 Å². The third-order valence-electron chi connectivity index (χ3n) is 6.47. The SMILES string of the molecule is Cn1c(=O)n2n(c1=O)C1C=CC2C2C(C(C)(C)C)=CC21C(C)(C)C. The van der Waals surface area contributed by atoms with E-state index in [0.29, 0.717) is 0 Å². The molecule has 3 heterocycles. The Kier molecular flexibility index (Phi) is 2.66. The van der Waals surface area contributed by atoms with Crippen LogP contribution in [-0.2, 0) is 7.05 Å². The van der Waals surface area contributed by atoms with E-state index in [0.717, 1.165) is 0 Å². The summed E-state index contributed by atoms with van der Waals surface area (Å²) in [5.74, 6) is 0.270. The van der Waals surface area contributed by atoms with Crippen molar-refractivity contribution in [3.63, 3.8) is 0 Å². The molecule has 2 bridgehead atoms. The molecule has 0 saturated heterocycles. The summed E-state index contributed by atoms with van der Waals surface area (Å²) in [6, 6.07) is -0.171. The molecule has 4 unspecified atom stereocenters. The Morgan fingerprint density at radius 2 is 1.54 bits per heavy atom. The Bertz CT molecular complexity index is 910. The molecule has 0 saturated carbocycles. The van der Waals surface area contributed by atoms with Crippen LogP contribution < -0.4 is 11.4 Å². The molecule has 0 spiro atoms.